The summed E-state index contributed by atoms with van der Waals surface area (Å²) in [5.41, 5.74) is 5.05. The number of para-hydroxylation sites is 1. The van der Waals surface area contributed by atoms with Gasteiger partial charge in [-0.2, -0.15) is 0 Å². The number of nitrogens with one attached hydrogen (secondary N) is 1. The van der Waals surface area contributed by atoms with Crippen molar-refractivity contribution in [3.63, 3.8) is 0 Å². The predicted octanol–water partition coefficient (Wildman–Crippen LogP) is 3.18. The lowest BCUT2D eigenvalue weighted by Gasteiger charge is -2.09. The minimum absolute atomic E-state index is 0.0807. The summed E-state index contributed by atoms with van der Waals surface area (Å²) in [6.07, 6.45) is 0. The molecule has 3 rings (SSSR count). The summed E-state index contributed by atoms with van der Waals surface area (Å²) >= 11 is 0. The Bertz CT molecular complexity index is 979. The van der Waals surface area contributed by atoms with Crippen molar-refractivity contribution in [1.29, 1.82) is 0 Å². The van der Waals surface area contributed by atoms with Crippen LogP contribution in [0, 0.1) is 13.8 Å². The molecule has 0 aliphatic heterocycles. The van der Waals surface area contributed by atoms with Crippen molar-refractivity contribution in [3.8, 4) is 5.69 Å². The second-order valence-corrected chi connectivity index (χ2v) is 6.99. The number of hydrogen-bond acceptors (Lipinski definition) is 3. The number of likely N-dealkylation sites (N-methyl/N-ethyl adjacent to an activating group) is 1. The smallest absolute Gasteiger partial charge is 0.280 e. The van der Waals surface area contributed by atoms with Gasteiger partial charge in [0.2, 0.25) is 0 Å². The molecule has 140 valence electrons. The molecule has 0 aliphatic rings. The van der Waals surface area contributed by atoms with E-state index < -0.39 is 0 Å². The molecule has 3 aromatic rings. The number of hydrogen-bond donors (Lipinski definition) is 1. The molecule has 0 bridgehead atoms. The molecular weight excluding hydrogens is 336 g/mol. The highest BCUT2D eigenvalue weighted by molar-refractivity contribution is 6.13. The van der Waals surface area contributed by atoms with Gasteiger partial charge in [-0.15, -0.1) is 0 Å². The van der Waals surface area contributed by atoms with Crippen LogP contribution >= 0.6 is 0 Å². The van der Waals surface area contributed by atoms with E-state index in [1.165, 1.54) is 5.56 Å². The lowest BCUT2D eigenvalue weighted by Crippen LogP contribution is -2.23. The average Bonchev–Trinajstić information content (AvgIpc) is 2.95. The molecule has 0 saturated carbocycles. The number of aryl methyl sites for hydroxylation is 2. The number of benzene rings is 2. The lowest BCUT2D eigenvalue weighted by molar-refractivity contribution is 0.420. The van der Waals surface area contributed by atoms with Crippen LogP contribution in [0.5, 0.6) is 0 Å². The van der Waals surface area contributed by atoms with Crippen LogP contribution in [0.25, 0.3) is 5.69 Å². The maximum Gasteiger partial charge on any atom is 0.280 e. The Morgan fingerprint density at radius 2 is 1.70 bits per heavy atom. The van der Waals surface area contributed by atoms with Crippen LogP contribution in [-0.4, -0.2) is 47.6 Å². The Morgan fingerprint density at radius 1 is 1.04 bits per heavy atom. The molecule has 0 aliphatic carbocycles. The van der Waals surface area contributed by atoms with Gasteiger partial charge in [0.15, 0.2) is 0 Å². The van der Waals surface area contributed by atoms with Crippen molar-refractivity contribution in [2.24, 2.45) is 4.99 Å². The van der Waals surface area contributed by atoms with E-state index in [2.05, 4.69) is 29.1 Å². The first-order valence-corrected chi connectivity index (χ1v) is 9.11. The zero-order chi connectivity index (χ0) is 19.4. The summed E-state index contributed by atoms with van der Waals surface area (Å²) in [4.78, 5) is 20.1. The molecule has 27 heavy (non-hydrogen) atoms. The van der Waals surface area contributed by atoms with Gasteiger partial charge < -0.3 is 4.90 Å². The Morgan fingerprint density at radius 3 is 2.33 bits per heavy atom. The third-order valence-electron chi connectivity index (χ3n) is 4.46. The number of H-pyrrole nitrogens is 1. The summed E-state index contributed by atoms with van der Waals surface area (Å²) < 4.78 is 1.58. The Kier molecular flexibility index (Phi) is 5.72. The van der Waals surface area contributed by atoms with E-state index in [1.807, 2.05) is 63.5 Å². The highest BCUT2D eigenvalue weighted by Gasteiger charge is 2.19. The van der Waals surface area contributed by atoms with Crippen LogP contribution in [0.15, 0.2) is 64.4 Å². The van der Waals surface area contributed by atoms with Gasteiger partial charge in [-0.25, -0.2) is 4.68 Å². The number of aromatic amines is 1. The van der Waals surface area contributed by atoms with E-state index in [-0.39, 0.29) is 5.56 Å². The monoisotopic (exact) mass is 362 g/mol. The predicted molar refractivity (Wildman–Crippen MR) is 111 cm³/mol. The SMILES string of the molecule is Cc1ccc(C(=NCCN(C)C)c2c(C)[nH]n(-c3ccccc3)c2=O)cc1. The van der Waals surface area contributed by atoms with E-state index in [1.54, 1.807) is 4.68 Å². The second kappa shape index (κ2) is 8.18. The second-order valence-electron chi connectivity index (χ2n) is 6.99. The topological polar surface area (TPSA) is 53.4 Å². The van der Waals surface area contributed by atoms with Gasteiger partial charge in [0.25, 0.3) is 5.56 Å². The first kappa shape index (κ1) is 18.9. The molecule has 0 fully saturated rings. The number of aromatic nitrogens is 2. The van der Waals surface area contributed by atoms with Crippen molar-refractivity contribution < 1.29 is 0 Å². The molecule has 0 atom stereocenters. The maximum absolute atomic E-state index is 13.2. The maximum atomic E-state index is 13.2. The molecular formula is C22H26N4O. The van der Waals surface area contributed by atoms with E-state index in [0.717, 1.165) is 29.2 Å². The first-order valence-electron chi connectivity index (χ1n) is 9.11. The standard InChI is InChI=1S/C22H26N4O/c1-16-10-12-18(13-11-16)21(23-14-15-25(3)4)20-17(2)24-26(22(20)27)19-8-6-5-7-9-19/h5-13,24H,14-15H2,1-4H3. The van der Waals surface area contributed by atoms with Gasteiger partial charge in [-0.1, -0.05) is 48.0 Å². The fourth-order valence-corrected chi connectivity index (χ4v) is 2.97. The molecule has 0 unspecified atom stereocenters. The zero-order valence-corrected chi connectivity index (χ0v) is 16.4. The van der Waals surface area contributed by atoms with E-state index in [9.17, 15) is 4.79 Å². The number of nitrogens with zero attached hydrogens (tertiary/aromatic N) is 3. The third kappa shape index (κ3) is 4.26. The van der Waals surface area contributed by atoms with Crippen LogP contribution in [0.2, 0.25) is 0 Å². The normalized spacial score (nSPS) is 12.0. The molecule has 0 amide bonds. The van der Waals surface area contributed by atoms with Crippen molar-refractivity contribution in [2.75, 3.05) is 27.2 Å². The highest BCUT2D eigenvalue weighted by Crippen LogP contribution is 2.14. The van der Waals surface area contributed by atoms with Gasteiger partial charge >= 0.3 is 0 Å². The Balaban J connectivity index is 2.11. The van der Waals surface area contributed by atoms with Crippen LogP contribution in [0.4, 0.5) is 0 Å². The van der Waals surface area contributed by atoms with Crippen molar-refractivity contribution in [2.45, 2.75) is 13.8 Å². The molecule has 1 aromatic heterocycles. The van der Waals surface area contributed by atoms with E-state index >= 15 is 0 Å². The molecule has 0 radical (unpaired) electrons. The summed E-state index contributed by atoms with van der Waals surface area (Å²) in [6.45, 7) is 5.43. The van der Waals surface area contributed by atoms with E-state index in [4.69, 9.17) is 4.99 Å². The largest absolute Gasteiger partial charge is 0.308 e. The van der Waals surface area contributed by atoms with E-state index in [0.29, 0.717) is 12.1 Å². The summed E-state index contributed by atoms with van der Waals surface area (Å²) in [7, 11) is 4.04. The minimum Gasteiger partial charge on any atom is -0.308 e. The van der Waals surface area contributed by atoms with Crippen LogP contribution in [0.3, 0.4) is 0 Å². The van der Waals surface area contributed by atoms with Gasteiger partial charge in [-0.3, -0.25) is 14.9 Å². The first-order chi connectivity index (χ1) is 13.0. The van der Waals surface area contributed by atoms with Crippen molar-refractivity contribution >= 4 is 5.71 Å². The summed E-state index contributed by atoms with van der Waals surface area (Å²) in [5.74, 6) is 0. The van der Waals surface area contributed by atoms with Crippen molar-refractivity contribution in [3.05, 3.63) is 87.3 Å². The van der Waals surface area contributed by atoms with Gasteiger partial charge in [0.1, 0.15) is 0 Å². The molecule has 1 N–H and O–H groups in total. The highest BCUT2D eigenvalue weighted by atomic mass is 16.1. The van der Waals surface area contributed by atoms with Gasteiger partial charge in [-0.05, 0) is 40.1 Å². The summed E-state index contributed by atoms with van der Waals surface area (Å²) in [6, 6.07) is 17.8. The quantitative estimate of drug-likeness (QED) is 0.685. The molecule has 2 aromatic carbocycles. The Hall–Kier alpha value is -2.92. The van der Waals surface area contributed by atoms with Gasteiger partial charge in [0.05, 0.1) is 23.5 Å². The minimum atomic E-state index is -0.0807. The molecule has 1 heterocycles. The van der Waals surface area contributed by atoms with Crippen LogP contribution in [0.1, 0.15) is 22.4 Å². The number of aliphatic imine (C=N–C) groups is 1. The lowest BCUT2D eigenvalue weighted by atomic mass is 10.0. The van der Waals surface area contributed by atoms with Crippen molar-refractivity contribution in [1.82, 2.24) is 14.7 Å². The van der Waals surface area contributed by atoms with Crippen LogP contribution < -0.4 is 5.56 Å². The Labute approximate surface area is 160 Å². The molecule has 0 saturated heterocycles. The molecule has 0 spiro atoms. The zero-order valence-electron chi connectivity index (χ0n) is 16.4. The number of rotatable bonds is 6. The molecule has 5 nitrogen and oxygen atoms in total. The molecule has 5 heteroatoms. The van der Waals surface area contributed by atoms with Gasteiger partial charge in [0, 0.05) is 17.8 Å². The third-order valence-corrected chi connectivity index (χ3v) is 4.46. The fraction of sp³-hybridized carbons (Fsp3) is 0.273. The fourth-order valence-electron chi connectivity index (χ4n) is 2.97. The van der Waals surface area contributed by atoms with Crippen LogP contribution in [-0.2, 0) is 0 Å². The summed E-state index contributed by atoms with van der Waals surface area (Å²) in [5, 5.41) is 3.20. The average molecular weight is 362 g/mol.